The van der Waals surface area contributed by atoms with Crippen molar-refractivity contribution in [2.75, 3.05) is 6.61 Å². The number of hydrogen-bond donors (Lipinski definition) is 3. The van der Waals surface area contributed by atoms with Gasteiger partial charge in [-0.3, -0.25) is 0 Å². The molecule has 1 heterocycles. The first-order valence-electron chi connectivity index (χ1n) is 6.99. The SMILES string of the molecule is CCC(N)c1nc2cc(C)c(C)cc2n1CC(O)CO. The second-order valence-electron chi connectivity index (χ2n) is 5.36. The first kappa shape index (κ1) is 15.0. The Labute approximate surface area is 119 Å². The van der Waals surface area contributed by atoms with E-state index in [1.807, 2.05) is 24.5 Å². The molecule has 110 valence electrons. The van der Waals surface area contributed by atoms with Crippen LogP contribution < -0.4 is 5.73 Å². The molecule has 2 unspecified atom stereocenters. The second-order valence-corrected chi connectivity index (χ2v) is 5.36. The van der Waals surface area contributed by atoms with Crippen LogP contribution in [0.5, 0.6) is 0 Å². The minimum Gasteiger partial charge on any atom is -0.394 e. The molecule has 2 atom stereocenters. The molecule has 1 aromatic carbocycles. The molecule has 5 nitrogen and oxygen atoms in total. The molecule has 0 saturated carbocycles. The number of hydrogen-bond acceptors (Lipinski definition) is 4. The van der Waals surface area contributed by atoms with Crippen LogP contribution in [-0.4, -0.2) is 32.5 Å². The molecule has 1 aromatic heterocycles. The lowest BCUT2D eigenvalue weighted by molar-refractivity contribution is 0.0811. The van der Waals surface area contributed by atoms with Crippen molar-refractivity contribution in [3.05, 3.63) is 29.1 Å². The van der Waals surface area contributed by atoms with E-state index in [4.69, 9.17) is 10.8 Å². The maximum atomic E-state index is 9.75. The fourth-order valence-corrected chi connectivity index (χ4v) is 2.32. The summed E-state index contributed by atoms with van der Waals surface area (Å²) in [7, 11) is 0. The molecule has 20 heavy (non-hydrogen) atoms. The van der Waals surface area contributed by atoms with Gasteiger partial charge in [-0.25, -0.2) is 4.98 Å². The molecule has 0 spiro atoms. The molecule has 0 aliphatic heterocycles. The molecule has 4 N–H and O–H groups in total. The maximum absolute atomic E-state index is 9.75. The summed E-state index contributed by atoms with van der Waals surface area (Å²) in [5, 5.41) is 18.8. The van der Waals surface area contributed by atoms with Crippen LogP contribution in [0.4, 0.5) is 0 Å². The van der Waals surface area contributed by atoms with Crippen LogP contribution in [-0.2, 0) is 6.54 Å². The molecular formula is C15H23N3O2. The number of aliphatic hydroxyl groups excluding tert-OH is 2. The summed E-state index contributed by atoms with van der Waals surface area (Å²) in [6, 6.07) is 3.93. The Hall–Kier alpha value is -1.43. The van der Waals surface area contributed by atoms with Crippen molar-refractivity contribution in [3.8, 4) is 0 Å². The Morgan fingerprint density at radius 1 is 1.30 bits per heavy atom. The van der Waals surface area contributed by atoms with Crippen molar-refractivity contribution in [1.29, 1.82) is 0 Å². The summed E-state index contributed by atoms with van der Waals surface area (Å²) in [4.78, 5) is 4.62. The Kier molecular flexibility index (Phi) is 4.42. The Morgan fingerprint density at radius 2 is 1.95 bits per heavy atom. The Morgan fingerprint density at radius 3 is 2.55 bits per heavy atom. The zero-order valence-corrected chi connectivity index (χ0v) is 12.3. The second kappa shape index (κ2) is 5.91. The van der Waals surface area contributed by atoms with E-state index < -0.39 is 6.10 Å². The van der Waals surface area contributed by atoms with Crippen LogP contribution in [0.2, 0.25) is 0 Å². The predicted molar refractivity (Wildman–Crippen MR) is 79.5 cm³/mol. The number of nitrogens with zero attached hydrogens (tertiary/aromatic N) is 2. The summed E-state index contributed by atoms with van der Waals surface area (Å²) >= 11 is 0. The van der Waals surface area contributed by atoms with Gasteiger partial charge in [0.05, 0.1) is 36.3 Å². The van der Waals surface area contributed by atoms with Gasteiger partial charge in [-0.05, 0) is 43.5 Å². The van der Waals surface area contributed by atoms with E-state index in [9.17, 15) is 5.11 Å². The van der Waals surface area contributed by atoms with Crippen LogP contribution in [0.3, 0.4) is 0 Å². The van der Waals surface area contributed by atoms with Crippen molar-refractivity contribution in [2.24, 2.45) is 5.73 Å². The van der Waals surface area contributed by atoms with Gasteiger partial charge in [-0.15, -0.1) is 0 Å². The van der Waals surface area contributed by atoms with Gasteiger partial charge in [0.1, 0.15) is 5.82 Å². The Bertz CT molecular complexity index is 607. The predicted octanol–water partition coefficient (Wildman–Crippen LogP) is 1.42. The van der Waals surface area contributed by atoms with Crippen molar-refractivity contribution < 1.29 is 10.2 Å². The van der Waals surface area contributed by atoms with E-state index in [2.05, 4.69) is 18.0 Å². The van der Waals surface area contributed by atoms with Crippen LogP contribution in [0.1, 0.15) is 36.3 Å². The van der Waals surface area contributed by atoms with Gasteiger partial charge in [0.25, 0.3) is 0 Å². The molecule has 0 saturated heterocycles. The van der Waals surface area contributed by atoms with Crippen molar-refractivity contribution in [2.45, 2.75) is 45.9 Å². The molecule has 0 fully saturated rings. The molecule has 5 heteroatoms. The minimum absolute atomic E-state index is 0.172. The van der Waals surface area contributed by atoms with Gasteiger partial charge in [-0.2, -0.15) is 0 Å². The number of rotatable bonds is 5. The average molecular weight is 277 g/mol. The fraction of sp³-hybridized carbons (Fsp3) is 0.533. The van der Waals surface area contributed by atoms with Crippen molar-refractivity contribution in [1.82, 2.24) is 9.55 Å². The summed E-state index contributed by atoms with van der Waals surface area (Å²) in [5.74, 6) is 0.764. The Balaban J connectivity index is 2.61. The number of aliphatic hydroxyl groups is 2. The molecule has 0 bridgehead atoms. The lowest BCUT2D eigenvalue weighted by atomic mass is 10.1. The van der Waals surface area contributed by atoms with Crippen LogP contribution in [0.25, 0.3) is 11.0 Å². The van der Waals surface area contributed by atoms with Crippen LogP contribution >= 0.6 is 0 Å². The van der Waals surface area contributed by atoms with E-state index in [0.29, 0.717) is 6.54 Å². The third-order valence-corrected chi connectivity index (χ3v) is 3.77. The van der Waals surface area contributed by atoms with Crippen LogP contribution in [0.15, 0.2) is 12.1 Å². The zero-order valence-electron chi connectivity index (χ0n) is 12.3. The molecule has 0 aliphatic rings. The van der Waals surface area contributed by atoms with E-state index in [1.165, 1.54) is 11.1 Å². The quantitative estimate of drug-likeness (QED) is 0.771. The van der Waals surface area contributed by atoms with Crippen LogP contribution in [0, 0.1) is 13.8 Å². The van der Waals surface area contributed by atoms with Crippen molar-refractivity contribution in [3.63, 3.8) is 0 Å². The first-order valence-corrected chi connectivity index (χ1v) is 6.99. The highest BCUT2D eigenvalue weighted by Crippen LogP contribution is 2.24. The van der Waals surface area contributed by atoms with E-state index >= 15 is 0 Å². The van der Waals surface area contributed by atoms with Gasteiger partial charge < -0.3 is 20.5 Å². The maximum Gasteiger partial charge on any atom is 0.126 e. The monoisotopic (exact) mass is 277 g/mol. The average Bonchev–Trinajstić information content (AvgIpc) is 2.76. The topological polar surface area (TPSA) is 84.3 Å². The van der Waals surface area contributed by atoms with Gasteiger partial charge >= 0.3 is 0 Å². The first-order chi connectivity index (χ1) is 9.47. The number of aromatic nitrogens is 2. The molecular weight excluding hydrogens is 254 g/mol. The van der Waals surface area contributed by atoms with Gasteiger partial charge in [-0.1, -0.05) is 6.92 Å². The van der Waals surface area contributed by atoms with Crippen molar-refractivity contribution >= 4 is 11.0 Å². The van der Waals surface area contributed by atoms with Gasteiger partial charge in [0.2, 0.25) is 0 Å². The smallest absolute Gasteiger partial charge is 0.126 e. The highest BCUT2D eigenvalue weighted by Gasteiger charge is 2.18. The number of benzene rings is 1. The van der Waals surface area contributed by atoms with E-state index in [1.54, 1.807) is 0 Å². The third kappa shape index (κ3) is 2.70. The molecule has 2 rings (SSSR count). The van der Waals surface area contributed by atoms with Gasteiger partial charge in [0.15, 0.2) is 0 Å². The number of nitrogens with two attached hydrogens (primary N) is 1. The molecule has 2 aromatic rings. The van der Waals surface area contributed by atoms with E-state index in [0.717, 1.165) is 23.3 Å². The molecule has 0 aliphatic carbocycles. The number of imidazole rings is 1. The summed E-state index contributed by atoms with van der Waals surface area (Å²) in [5.41, 5.74) is 10.3. The standard InChI is InChI=1S/C15H23N3O2/c1-4-12(16)15-17-13-5-9(2)10(3)6-14(13)18(15)7-11(20)8-19/h5-6,11-12,19-20H,4,7-8,16H2,1-3H3. The minimum atomic E-state index is -0.809. The van der Waals surface area contributed by atoms with E-state index in [-0.39, 0.29) is 12.6 Å². The summed E-state index contributed by atoms with van der Waals surface area (Å²) in [6.07, 6.45) is -0.0342. The highest BCUT2D eigenvalue weighted by atomic mass is 16.3. The molecule has 0 radical (unpaired) electrons. The summed E-state index contributed by atoms with van der Waals surface area (Å²) in [6.45, 7) is 6.14. The van der Waals surface area contributed by atoms with Gasteiger partial charge in [0, 0.05) is 0 Å². The normalized spacial score (nSPS) is 14.7. The number of fused-ring (bicyclic) bond motifs is 1. The third-order valence-electron chi connectivity index (χ3n) is 3.77. The fourth-order valence-electron chi connectivity index (χ4n) is 2.32. The number of aryl methyl sites for hydroxylation is 2. The molecule has 0 amide bonds. The summed E-state index contributed by atoms with van der Waals surface area (Å²) < 4.78 is 1.93. The lowest BCUT2D eigenvalue weighted by Gasteiger charge is -2.16. The largest absolute Gasteiger partial charge is 0.394 e. The lowest BCUT2D eigenvalue weighted by Crippen LogP contribution is -2.24. The highest BCUT2D eigenvalue weighted by molar-refractivity contribution is 5.78. The zero-order chi connectivity index (χ0) is 14.9.